The molecule has 0 heterocycles. The summed E-state index contributed by atoms with van der Waals surface area (Å²) in [6.07, 6.45) is 2.08. The molecule has 0 bridgehead atoms. The third kappa shape index (κ3) is 8.00. The van der Waals surface area contributed by atoms with Crippen molar-refractivity contribution >= 4 is 35.0 Å². The molecule has 2 amide bonds. The molecule has 0 aliphatic carbocycles. The Morgan fingerprint density at radius 2 is 1.58 bits per heavy atom. The lowest BCUT2D eigenvalue weighted by molar-refractivity contribution is -0.142. The van der Waals surface area contributed by atoms with Gasteiger partial charge in [0.25, 0.3) is 5.91 Å². The highest BCUT2D eigenvalue weighted by Crippen LogP contribution is 2.24. The molecule has 7 heteroatoms. The summed E-state index contributed by atoms with van der Waals surface area (Å²) < 4.78 is 5.82. The average Bonchev–Trinajstić information content (AvgIpc) is 2.90. The third-order valence-corrected chi connectivity index (χ3v) is 6.59. The predicted molar refractivity (Wildman–Crippen MR) is 146 cm³/mol. The number of hydrogen-bond acceptors (Lipinski definition) is 3. The number of hydrogen-bond donors (Lipinski definition) is 1. The Labute approximate surface area is 223 Å². The van der Waals surface area contributed by atoms with Crippen molar-refractivity contribution in [2.75, 3.05) is 13.2 Å². The lowest BCUT2D eigenvalue weighted by Crippen LogP contribution is -2.51. The molecule has 3 rings (SSSR count). The predicted octanol–water partition coefficient (Wildman–Crippen LogP) is 6.10. The zero-order valence-corrected chi connectivity index (χ0v) is 22.2. The minimum Gasteiger partial charge on any atom is -0.484 e. The SMILES string of the molecule is CCCNC(=O)[C@@H](Cc1ccccc1)N(Cc1ccc(Cl)c(Cl)c1)C(=O)COc1ccc(CC)cc1. The van der Waals surface area contributed by atoms with Crippen molar-refractivity contribution in [3.8, 4) is 5.75 Å². The molecule has 3 aromatic carbocycles. The summed E-state index contributed by atoms with van der Waals surface area (Å²) in [6, 6.07) is 21.8. The first-order valence-corrected chi connectivity index (χ1v) is 12.9. The highest BCUT2D eigenvalue weighted by atomic mass is 35.5. The van der Waals surface area contributed by atoms with Gasteiger partial charge < -0.3 is 15.0 Å². The number of aryl methyl sites for hydroxylation is 1. The molecule has 0 radical (unpaired) electrons. The van der Waals surface area contributed by atoms with E-state index in [1.54, 1.807) is 17.0 Å². The lowest BCUT2D eigenvalue weighted by atomic mass is 10.0. The first-order chi connectivity index (χ1) is 17.4. The van der Waals surface area contributed by atoms with Crippen molar-refractivity contribution in [3.63, 3.8) is 0 Å². The maximum atomic E-state index is 13.6. The van der Waals surface area contributed by atoms with Gasteiger partial charge in [-0.15, -0.1) is 0 Å². The summed E-state index contributed by atoms with van der Waals surface area (Å²) in [5, 5.41) is 3.78. The van der Waals surface area contributed by atoms with Crippen molar-refractivity contribution in [1.82, 2.24) is 10.2 Å². The van der Waals surface area contributed by atoms with Crippen molar-refractivity contribution in [2.45, 2.75) is 45.7 Å². The fourth-order valence-corrected chi connectivity index (χ4v) is 4.12. The van der Waals surface area contributed by atoms with E-state index in [9.17, 15) is 9.59 Å². The Bertz CT molecular complexity index is 1140. The zero-order chi connectivity index (χ0) is 25.9. The molecule has 0 unspecified atom stereocenters. The second-order valence-electron chi connectivity index (χ2n) is 8.55. The lowest BCUT2D eigenvalue weighted by Gasteiger charge is -2.31. The maximum absolute atomic E-state index is 13.6. The molecule has 0 fully saturated rings. The van der Waals surface area contributed by atoms with Crippen LogP contribution in [-0.4, -0.2) is 35.9 Å². The normalized spacial score (nSPS) is 11.6. The second-order valence-corrected chi connectivity index (χ2v) is 9.37. The monoisotopic (exact) mass is 526 g/mol. The minimum atomic E-state index is -0.730. The molecule has 0 spiro atoms. The van der Waals surface area contributed by atoms with Crippen LogP contribution in [0.4, 0.5) is 0 Å². The molecule has 0 saturated carbocycles. The molecule has 0 aliphatic rings. The van der Waals surface area contributed by atoms with E-state index in [0.29, 0.717) is 28.8 Å². The van der Waals surface area contributed by atoms with Gasteiger partial charge in [-0.1, -0.05) is 85.6 Å². The minimum absolute atomic E-state index is 0.185. The van der Waals surface area contributed by atoms with Gasteiger partial charge in [-0.3, -0.25) is 9.59 Å². The fraction of sp³-hybridized carbons (Fsp3) is 0.310. The summed E-state index contributed by atoms with van der Waals surface area (Å²) in [5.41, 5.74) is 2.91. The van der Waals surface area contributed by atoms with Crippen LogP contribution < -0.4 is 10.1 Å². The average molecular weight is 527 g/mol. The van der Waals surface area contributed by atoms with Crippen molar-refractivity contribution in [2.24, 2.45) is 0 Å². The van der Waals surface area contributed by atoms with Gasteiger partial charge in [-0.05, 0) is 53.8 Å². The molecule has 0 saturated heterocycles. The topological polar surface area (TPSA) is 58.6 Å². The molecule has 5 nitrogen and oxygen atoms in total. The van der Waals surface area contributed by atoms with Gasteiger partial charge >= 0.3 is 0 Å². The van der Waals surface area contributed by atoms with E-state index >= 15 is 0 Å². The zero-order valence-electron chi connectivity index (χ0n) is 20.7. The quantitative estimate of drug-likeness (QED) is 0.310. The second kappa shape index (κ2) is 13.9. The van der Waals surface area contributed by atoms with E-state index in [0.717, 1.165) is 24.0 Å². The molecule has 0 aliphatic heterocycles. The van der Waals surface area contributed by atoms with Gasteiger partial charge in [0.15, 0.2) is 6.61 Å². The molecular formula is C29H32Cl2N2O3. The molecule has 1 atom stereocenters. The maximum Gasteiger partial charge on any atom is 0.261 e. The Morgan fingerprint density at radius 3 is 2.22 bits per heavy atom. The van der Waals surface area contributed by atoms with Crippen molar-refractivity contribution < 1.29 is 14.3 Å². The van der Waals surface area contributed by atoms with Gasteiger partial charge in [0, 0.05) is 19.5 Å². The first kappa shape index (κ1) is 27.6. The summed E-state index contributed by atoms with van der Waals surface area (Å²) in [5.74, 6) is 0.0970. The molecular weight excluding hydrogens is 495 g/mol. The van der Waals surface area contributed by atoms with E-state index < -0.39 is 6.04 Å². The number of amides is 2. The largest absolute Gasteiger partial charge is 0.484 e. The smallest absolute Gasteiger partial charge is 0.261 e. The van der Waals surface area contributed by atoms with Crippen LogP contribution in [0.5, 0.6) is 5.75 Å². The van der Waals surface area contributed by atoms with Gasteiger partial charge in [0.1, 0.15) is 11.8 Å². The molecule has 3 aromatic rings. The molecule has 190 valence electrons. The van der Waals surface area contributed by atoms with E-state index in [-0.39, 0.29) is 25.0 Å². The highest BCUT2D eigenvalue weighted by molar-refractivity contribution is 6.42. The van der Waals surface area contributed by atoms with Crippen LogP contribution in [-0.2, 0) is 29.0 Å². The number of benzene rings is 3. The number of rotatable bonds is 12. The summed E-state index contributed by atoms with van der Waals surface area (Å²) in [6.45, 7) is 4.59. The van der Waals surface area contributed by atoms with Crippen LogP contribution in [0, 0.1) is 0 Å². The number of carbonyl (C=O) groups is 2. The summed E-state index contributed by atoms with van der Waals surface area (Å²) in [4.78, 5) is 28.5. The van der Waals surface area contributed by atoms with E-state index in [4.69, 9.17) is 27.9 Å². The Balaban J connectivity index is 1.89. The molecule has 1 N–H and O–H groups in total. The Hall–Kier alpha value is -3.02. The summed E-state index contributed by atoms with van der Waals surface area (Å²) >= 11 is 12.3. The number of nitrogens with zero attached hydrogens (tertiary/aromatic N) is 1. The van der Waals surface area contributed by atoms with Crippen LogP contribution in [0.15, 0.2) is 72.8 Å². The van der Waals surface area contributed by atoms with Crippen LogP contribution in [0.2, 0.25) is 10.0 Å². The molecule has 0 aromatic heterocycles. The van der Waals surface area contributed by atoms with E-state index in [1.807, 2.05) is 67.6 Å². The van der Waals surface area contributed by atoms with E-state index in [2.05, 4.69) is 12.2 Å². The van der Waals surface area contributed by atoms with Crippen LogP contribution >= 0.6 is 23.2 Å². The van der Waals surface area contributed by atoms with Crippen molar-refractivity contribution in [1.29, 1.82) is 0 Å². The number of carbonyl (C=O) groups excluding carboxylic acids is 2. The van der Waals surface area contributed by atoms with Gasteiger partial charge in [-0.25, -0.2) is 0 Å². The summed E-state index contributed by atoms with van der Waals surface area (Å²) in [7, 11) is 0. The highest BCUT2D eigenvalue weighted by Gasteiger charge is 2.30. The number of nitrogens with one attached hydrogen (secondary N) is 1. The number of halogens is 2. The third-order valence-electron chi connectivity index (χ3n) is 5.85. The van der Waals surface area contributed by atoms with Crippen LogP contribution in [0.25, 0.3) is 0 Å². The van der Waals surface area contributed by atoms with Gasteiger partial charge in [0.2, 0.25) is 5.91 Å². The van der Waals surface area contributed by atoms with E-state index in [1.165, 1.54) is 5.56 Å². The number of ether oxygens (including phenoxy) is 1. The Morgan fingerprint density at radius 1 is 0.889 bits per heavy atom. The fourth-order valence-electron chi connectivity index (χ4n) is 3.80. The first-order valence-electron chi connectivity index (χ1n) is 12.2. The van der Waals surface area contributed by atoms with Crippen molar-refractivity contribution in [3.05, 3.63) is 99.5 Å². The van der Waals surface area contributed by atoms with Crippen LogP contribution in [0.3, 0.4) is 0 Å². The van der Waals surface area contributed by atoms with Gasteiger partial charge in [0.05, 0.1) is 10.0 Å². The van der Waals surface area contributed by atoms with Crippen LogP contribution in [0.1, 0.15) is 37.0 Å². The van der Waals surface area contributed by atoms with Gasteiger partial charge in [-0.2, -0.15) is 0 Å². The Kier molecular flexibility index (Phi) is 10.6. The standard InChI is InChI=1S/C29H32Cl2N2O3/c1-3-16-32-29(35)27(18-22-8-6-5-7-9-22)33(19-23-12-15-25(30)26(31)17-23)28(34)20-36-24-13-10-21(4-2)11-14-24/h5-15,17,27H,3-4,16,18-20H2,1-2H3,(H,32,35)/t27-/m1/s1. The molecule has 36 heavy (non-hydrogen) atoms.